The third-order valence-electron chi connectivity index (χ3n) is 2.57. The first-order valence-electron chi connectivity index (χ1n) is 5.23. The minimum absolute atomic E-state index is 0.750. The van der Waals surface area contributed by atoms with Crippen LogP contribution in [0.25, 0.3) is 0 Å². The van der Waals surface area contributed by atoms with Gasteiger partial charge in [-0.2, -0.15) is 4.98 Å². The van der Waals surface area contributed by atoms with Crippen LogP contribution in [0.1, 0.15) is 5.69 Å². The molecule has 2 heterocycles. The standard InChI is InChI=1S/C10H18N6/c1-14(2)9-8-7(6-11-16(8)5)12-10(13-9)15(3)4/h11H,6H2,1-5H3. The molecule has 88 valence electrons. The Morgan fingerprint density at radius 3 is 2.38 bits per heavy atom. The summed E-state index contributed by atoms with van der Waals surface area (Å²) in [5.41, 5.74) is 5.34. The zero-order chi connectivity index (χ0) is 11.9. The fraction of sp³-hybridized carbons (Fsp3) is 0.600. The first kappa shape index (κ1) is 10.9. The van der Waals surface area contributed by atoms with E-state index in [0.717, 1.165) is 29.7 Å². The number of hydrogen-bond donors (Lipinski definition) is 1. The minimum Gasteiger partial charge on any atom is -0.361 e. The molecule has 0 unspecified atom stereocenters. The van der Waals surface area contributed by atoms with Gasteiger partial charge in [0.15, 0.2) is 5.82 Å². The Kier molecular flexibility index (Phi) is 2.59. The number of fused-ring (bicyclic) bond motifs is 1. The van der Waals surface area contributed by atoms with Crippen molar-refractivity contribution in [1.29, 1.82) is 0 Å². The SMILES string of the molecule is CN(C)c1nc2c(c(N(C)C)n1)N(C)NC2. The molecular weight excluding hydrogens is 204 g/mol. The normalized spacial score (nSPS) is 13.9. The molecule has 2 rings (SSSR count). The van der Waals surface area contributed by atoms with E-state index >= 15 is 0 Å². The van der Waals surface area contributed by atoms with E-state index in [-0.39, 0.29) is 0 Å². The number of hydrazine groups is 1. The summed E-state index contributed by atoms with van der Waals surface area (Å²) in [6.07, 6.45) is 0. The summed E-state index contributed by atoms with van der Waals surface area (Å²) < 4.78 is 0. The van der Waals surface area contributed by atoms with Crippen molar-refractivity contribution in [2.24, 2.45) is 0 Å². The van der Waals surface area contributed by atoms with Gasteiger partial charge in [-0.05, 0) is 0 Å². The van der Waals surface area contributed by atoms with Gasteiger partial charge in [-0.3, -0.25) is 0 Å². The summed E-state index contributed by atoms with van der Waals surface area (Å²) in [5.74, 6) is 1.70. The van der Waals surface area contributed by atoms with Crippen molar-refractivity contribution >= 4 is 17.5 Å². The predicted octanol–water partition coefficient (Wildman–Crippen LogP) is 0.0630. The van der Waals surface area contributed by atoms with Crippen LogP contribution >= 0.6 is 0 Å². The first-order chi connectivity index (χ1) is 7.50. The number of anilines is 3. The van der Waals surface area contributed by atoms with Crippen molar-refractivity contribution in [2.75, 3.05) is 50.0 Å². The second kappa shape index (κ2) is 3.79. The maximum Gasteiger partial charge on any atom is 0.227 e. The number of nitrogens with one attached hydrogen (secondary N) is 1. The zero-order valence-electron chi connectivity index (χ0n) is 10.4. The number of rotatable bonds is 2. The highest BCUT2D eigenvalue weighted by Crippen LogP contribution is 2.32. The van der Waals surface area contributed by atoms with Crippen molar-refractivity contribution < 1.29 is 0 Å². The van der Waals surface area contributed by atoms with Crippen molar-refractivity contribution in [1.82, 2.24) is 15.4 Å². The lowest BCUT2D eigenvalue weighted by molar-refractivity contribution is 0.728. The second-order valence-electron chi connectivity index (χ2n) is 4.33. The number of hydrogen-bond acceptors (Lipinski definition) is 6. The van der Waals surface area contributed by atoms with E-state index in [1.54, 1.807) is 0 Å². The van der Waals surface area contributed by atoms with Crippen molar-refractivity contribution in [3.8, 4) is 0 Å². The van der Waals surface area contributed by atoms with E-state index in [1.807, 2.05) is 50.0 Å². The minimum atomic E-state index is 0.750. The Bertz CT molecular complexity index is 401. The van der Waals surface area contributed by atoms with Gasteiger partial charge in [0.2, 0.25) is 5.95 Å². The van der Waals surface area contributed by atoms with Gasteiger partial charge in [-0.1, -0.05) is 0 Å². The average Bonchev–Trinajstić information content (AvgIpc) is 2.59. The molecule has 0 atom stereocenters. The third kappa shape index (κ3) is 1.65. The molecule has 16 heavy (non-hydrogen) atoms. The lowest BCUT2D eigenvalue weighted by Gasteiger charge is -2.21. The van der Waals surface area contributed by atoms with Gasteiger partial charge in [0, 0.05) is 35.2 Å². The predicted molar refractivity (Wildman–Crippen MR) is 65.9 cm³/mol. The summed E-state index contributed by atoms with van der Waals surface area (Å²) in [6, 6.07) is 0. The third-order valence-corrected chi connectivity index (χ3v) is 2.57. The van der Waals surface area contributed by atoms with Crippen LogP contribution in [0.5, 0.6) is 0 Å². The summed E-state index contributed by atoms with van der Waals surface area (Å²) in [7, 11) is 9.88. The van der Waals surface area contributed by atoms with Gasteiger partial charge in [0.1, 0.15) is 5.69 Å². The Balaban J connectivity index is 2.57. The topological polar surface area (TPSA) is 47.5 Å². The van der Waals surface area contributed by atoms with E-state index in [9.17, 15) is 0 Å². The largest absolute Gasteiger partial charge is 0.361 e. The number of aromatic nitrogens is 2. The fourth-order valence-electron chi connectivity index (χ4n) is 1.73. The zero-order valence-corrected chi connectivity index (χ0v) is 10.4. The smallest absolute Gasteiger partial charge is 0.227 e. The van der Waals surface area contributed by atoms with Crippen LogP contribution in [0.15, 0.2) is 0 Å². The van der Waals surface area contributed by atoms with Gasteiger partial charge in [-0.15, -0.1) is 0 Å². The van der Waals surface area contributed by atoms with Crippen LogP contribution < -0.4 is 20.2 Å². The van der Waals surface area contributed by atoms with E-state index in [0.29, 0.717) is 0 Å². The molecule has 1 aliphatic heterocycles. The van der Waals surface area contributed by atoms with Gasteiger partial charge < -0.3 is 14.8 Å². The van der Waals surface area contributed by atoms with E-state index in [2.05, 4.69) is 15.4 Å². The molecule has 0 fully saturated rings. The molecule has 0 radical (unpaired) electrons. The Labute approximate surface area is 95.9 Å². The van der Waals surface area contributed by atoms with Gasteiger partial charge >= 0.3 is 0 Å². The van der Waals surface area contributed by atoms with E-state index < -0.39 is 0 Å². The highest BCUT2D eigenvalue weighted by atomic mass is 15.5. The lowest BCUT2D eigenvalue weighted by atomic mass is 10.3. The van der Waals surface area contributed by atoms with Crippen molar-refractivity contribution in [2.45, 2.75) is 6.54 Å². The molecule has 0 aliphatic carbocycles. The van der Waals surface area contributed by atoms with Crippen molar-refractivity contribution in [3.05, 3.63) is 5.69 Å². The molecule has 1 N–H and O–H groups in total. The maximum atomic E-state index is 4.55. The molecule has 6 heteroatoms. The molecule has 1 aliphatic rings. The molecular formula is C10H18N6. The molecule has 1 aromatic heterocycles. The summed E-state index contributed by atoms with van der Waals surface area (Å²) in [4.78, 5) is 13.0. The molecule has 6 nitrogen and oxygen atoms in total. The van der Waals surface area contributed by atoms with Crippen LogP contribution in [0.2, 0.25) is 0 Å². The van der Waals surface area contributed by atoms with Crippen LogP contribution in [0, 0.1) is 0 Å². The molecule has 0 saturated heterocycles. The van der Waals surface area contributed by atoms with Crippen LogP contribution in [0.3, 0.4) is 0 Å². The molecule has 0 spiro atoms. The highest BCUT2D eigenvalue weighted by molar-refractivity contribution is 5.72. The first-order valence-corrected chi connectivity index (χ1v) is 5.23. The van der Waals surface area contributed by atoms with Gasteiger partial charge in [0.25, 0.3) is 0 Å². The van der Waals surface area contributed by atoms with Crippen LogP contribution in [-0.2, 0) is 6.54 Å². The molecule has 0 bridgehead atoms. The molecule has 0 aromatic carbocycles. The average molecular weight is 222 g/mol. The van der Waals surface area contributed by atoms with Gasteiger partial charge in [-0.25, -0.2) is 10.4 Å². The Morgan fingerprint density at radius 2 is 1.81 bits per heavy atom. The van der Waals surface area contributed by atoms with Crippen LogP contribution in [0.4, 0.5) is 17.5 Å². The Hall–Kier alpha value is -1.56. The molecule has 0 amide bonds. The summed E-state index contributed by atoms with van der Waals surface area (Å²) in [5, 5.41) is 1.98. The maximum absolute atomic E-state index is 4.55. The second-order valence-corrected chi connectivity index (χ2v) is 4.33. The highest BCUT2D eigenvalue weighted by Gasteiger charge is 2.24. The monoisotopic (exact) mass is 222 g/mol. The van der Waals surface area contributed by atoms with Gasteiger partial charge in [0.05, 0.1) is 12.2 Å². The fourth-order valence-corrected chi connectivity index (χ4v) is 1.73. The van der Waals surface area contributed by atoms with E-state index in [1.165, 1.54) is 0 Å². The quantitative estimate of drug-likeness (QED) is 0.764. The van der Waals surface area contributed by atoms with E-state index in [4.69, 9.17) is 0 Å². The molecule has 1 aromatic rings. The summed E-state index contributed by atoms with van der Waals surface area (Å²) >= 11 is 0. The summed E-state index contributed by atoms with van der Waals surface area (Å²) in [6.45, 7) is 0.760. The van der Waals surface area contributed by atoms with Crippen LogP contribution in [-0.4, -0.2) is 45.2 Å². The lowest BCUT2D eigenvalue weighted by Crippen LogP contribution is -2.28. The molecule has 0 saturated carbocycles. The number of nitrogens with zero attached hydrogens (tertiary/aromatic N) is 5. The Morgan fingerprint density at radius 1 is 1.12 bits per heavy atom. The van der Waals surface area contributed by atoms with Crippen molar-refractivity contribution in [3.63, 3.8) is 0 Å².